The molecule has 6 rings (SSSR count). The van der Waals surface area contributed by atoms with Gasteiger partial charge in [0.25, 0.3) is 0 Å². The molecule has 2 aliphatic rings. The molecule has 0 radical (unpaired) electrons. The highest BCUT2D eigenvalue weighted by Gasteiger charge is 2.61. The number of aromatic nitrogens is 1. The number of likely N-dealkylation sites (tertiary alicyclic amines) is 1. The van der Waals surface area contributed by atoms with Gasteiger partial charge in [0.05, 0.1) is 38.5 Å². The molecule has 4 atom stereocenters. The van der Waals surface area contributed by atoms with E-state index < -0.39 is 41.5 Å². The van der Waals surface area contributed by atoms with Gasteiger partial charge in [-0.15, -0.1) is 6.58 Å². The number of hydrogen-bond donors (Lipinski definition) is 2. The summed E-state index contributed by atoms with van der Waals surface area (Å²) in [5.41, 5.74) is 0.720. The van der Waals surface area contributed by atoms with Gasteiger partial charge in [-0.2, -0.15) is 5.06 Å². The molecule has 12 nitrogen and oxygen atoms in total. The van der Waals surface area contributed by atoms with Crippen molar-refractivity contribution in [3.05, 3.63) is 91.5 Å². The summed E-state index contributed by atoms with van der Waals surface area (Å²) in [6, 6.07) is 22.2. The SMILES string of the molecule is C=C[C@@H]1C[C@]1(NC(=O)[C@@H]1C[C@@H](Oc2cc(-c3ccccc3)nc3cc(OC)ccc23)CN1C(=O)N(CC)Oc1ccccc1OC)C(=O)O. The van der Waals surface area contributed by atoms with Crippen molar-refractivity contribution in [1.29, 1.82) is 0 Å². The second-order valence-electron chi connectivity index (χ2n) is 11.9. The lowest BCUT2D eigenvalue weighted by Crippen LogP contribution is -2.55. The maximum atomic E-state index is 14.1. The average molecular weight is 667 g/mol. The molecule has 1 aromatic heterocycles. The lowest BCUT2D eigenvalue weighted by Gasteiger charge is -2.30. The molecule has 0 unspecified atom stereocenters. The number of methoxy groups -OCH3 is 2. The fourth-order valence-electron chi connectivity index (χ4n) is 6.19. The van der Waals surface area contributed by atoms with Crippen molar-refractivity contribution in [2.75, 3.05) is 27.3 Å². The number of para-hydroxylation sites is 2. The molecule has 1 aliphatic carbocycles. The number of hydrogen-bond acceptors (Lipinski definition) is 8. The first kappa shape index (κ1) is 33.1. The van der Waals surface area contributed by atoms with Crippen molar-refractivity contribution >= 4 is 28.8 Å². The molecular weight excluding hydrogens is 628 g/mol. The van der Waals surface area contributed by atoms with E-state index in [2.05, 4.69) is 11.9 Å². The zero-order valence-corrected chi connectivity index (χ0v) is 27.5. The van der Waals surface area contributed by atoms with E-state index >= 15 is 0 Å². The van der Waals surface area contributed by atoms with Crippen molar-refractivity contribution in [2.45, 2.75) is 37.5 Å². The number of rotatable bonds is 12. The number of nitrogens with zero attached hydrogens (tertiary/aromatic N) is 3. The number of carbonyl (C=O) groups excluding carboxylic acids is 2. The molecule has 4 aromatic rings. The Morgan fingerprint density at radius 2 is 1.76 bits per heavy atom. The number of amides is 3. The van der Waals surface area contributed by atoms with Crippen LogP contribution in [0, 0.1) is 5.92 Å². The van der Waals surface area contributed by atoms with E-state index in [1.807, 2.05) is 54.6 Å². The number of carboxylic acids is 1. The van der Waals surface area contributed by atoms with E-state index in [4.69, 9.17) is 24.0 Å². The number of ether oxygens (including phenoxy) is 3. The lowest BCUT2D eigenvalue weighted by molar-refractivity contribution is -0.144. The zero-order chi connectivity index (χ0) is 34.7. The third-order valence-electron chi connectivity index (χ3n) is 8.96. The van der Waals surface area contributed by atoms with Crippen LogP contribution in [0.5, 0.6) is 23.0 Å². The fourth-order valence-corrected chi connectivity index (χ4v) is 6.19. The molecule has 3 amide bonds. The lowest BCUT2D eigenvalue weighted by atomic mass is 10.1. The largest absolute Gasteiger partial charge is 0.497 e. The molecule has 1 saturated heterocycles. The quantitative estimate of drug-likeness (QED) is 0.152. The van der Waals surface area contributed by atoms with Crippen LogP contribution in [-0.2, 0) is 9.59 Å². The number of aliphatic carboxylic acids is 1. The highest BCUT2D eigenvalue weighted by atomic mass is 16.7. The molecule has 0 bridgehead atoms. The van der Waals surface area contributed by atoms with Crippen LogP contribution in [0.25, 0.3) is 22.2 Å². The van der Waals surface area contributed by atoms with Crippen LogP contribution in [0.1, 0.15) is 19.8 Å². The van der Waals surface area contributed by atoms with Crippen LogP contribution in [0.3, 0.4) is 0 Å². The maximum Gasteiger partial charge on any atom is 0.353 e. The Morgan fingerprint density at radius 1 is 1.02 bits per heavy atom. The molecule has 254 valence electrons. The van der Waals surface area contributed by atoms with E-state index in [1.165, 1.54) is 18.1 Å². The summed E-state index contributed by atoms with van der Waals surface area (Å²) in [5, 5.41) is 14.6. The molecule has 1 aliphatic heterocycles. The van der Waals surface area contributed by atoms with Gasteiger partial charge in [0.2, 0.25) is 5.91 Å². The van der Waals surface area contributed by atoms with Crippen molar-refractivity contribution in [3.63, 3.8) is 0 Å². The van der Waals surface area contributed by atoms with Gasteiger partial charge in [-0.1, -0.05) is 48.5 Å². The molecule has 1 saturated carbocycles. The minimum atomic E-state index is -1.48. The van der Waals surface area contributed by atoms with E-state index in [1.54, 1.807) is 38.3 Å². The number of hydroxylamine groups is 2. The standard InChI is InChI=1S/C37H38N4O8/c1-5-24-21-37(24,35(43)44)39-34(42)30-19-26(22-40(30)36(45)41(6-2)49-32-15-11-10-14-31(32)47-4)48-33-20-28(23-12-8-7-9-13-23)38-29-18-25(46-3)16-17-27(29)33/h5,7-18,20,24,26,30H,1,6,19,21-22H2,2-4H3,(H,39,42)(H,43,44)/t24-,26-,30+,37-/m1/s1. The van der Waals surface area contributed by atoms with Crippen molar-refractivity contribution in [3.8, 4) is 34.3 Å². The van der Waals surface area contributed by atoms with E-state index in [9.17, 15) is 19.5 Å². The first-order valence-electron chi connectivity index (χ1n) is 16.0. The van der Waals surface area contributed by atoms with Crippen LogP contribution >= 0.6 is 0 Å². The highest BCUT2D eigenvalue weighted by molar-refractivity contribution is 5.95. The molecule has 2 heterocycles. The summed E-state index contributed by atoms with van der Waals surface area (Å²) in [5.74, 6) is -0.302. The summed E-state index contributed by atoms with van der Waals surface area (Å²) in [6.07, 6.45) is 1.19. The number of urea groups is 1. The van der Waals surface area contributed by atoms with Gasteiger partial charge in [0.15, 0.2) is 11.5 Å². The Kier molecular flexibility index (Phi) is 9.30. The first-order valence-corrected chi connectivity index (χ1v) is 16.0. The van der Waals surface area contributed by atoms with E-state index in [0.717, 1.165) is 16.0 Å². The molecule has 12 heteroatoms. The summed E-state index contributed by atoms with van der Waals surface area (Å²) >= 11 is 0. The van der Waals surface area contributed by atoms with Crippen LogP contribution in [0.15, 0.2) is 91.5 Å². The third-order valence-corrected chi connectivity index (χ3v) is 8.96. The average Bonchev–Trinajstić information content (AvgIpc) is 3.69. The summed E-state index contributed by atoms with van der Waals surface area (Å²) < 4.78 is 17.5. The molecule has 2 fully saturated rings. The van der Waals surface area contributed by atoms with Gasteiger partial charge in [0.1, 0.15) is 29.2 Å². The Balaban J connectivity index is 1.33. The topological polar surface area (TPSA) is 140 Å². The predicted octanol–water partition coefficient (Wildman–Crippen LogP) is 5.32. The van der Waals surface area contributed by atoms with Gasteiger partial charge in [-0.25, -0.2) is 14.6 Å². The summed E-state index contributed by atoms with van der Waals surface area (Å²) in [7, 11) is 3.08. The number of nitrogens with one attached hydrogen (secondary N) is 1. The first-order chi connectivity index (χ1) is 23.7. The van der Waals surface area contributed by atoms with Gasteiger partial charge >= 0.3 is 12.0 Å². The van der Waals surface area contributed by atoms with E-state index in [0.29, 0.717) is 34.2 Å². The van der Waals surface area contributed by atoms with Crippen LogP contribution < -0.4 is 24.4 Å². The van der Waals surface area contributed by atoms with Gasteiger partial charge < -0.3 is 34.4 Å². The fraction of sp³-hybridized carbons (Fsp3) is 0.297. The van der Waals surface area contributed by atoms with Crippen LogP contribution in [-0.4, -0.2) is 83.0 Å². The molecule has 49 heavy (non-hydrogen) atoms. The third kappa shape index (κ3) is 6.54. The van der Waals surface area contributed by atoms with Gasteiger partial charge in [0, 0.05) is 35.4 Å². The Morgan fingerprint density at radius 3 is 2.41 bits per heavy atom. The predicted molar refractivity (Wildman–Crippen MR) is 181 cm³/mol. The van der Waals surface area contributed by atoms with E-state index in [-0.39, 0.29) is 25.9 Å². The normalized spacial score (nSPS) is 21.0. The van der Waals surface area contributed by atoms with Gasteiger partial charge in [-0.3, -0.25) is 4.79 Å². The second-order valence-corrected chi connectivity index (χ2v) is 11.9. The monoisotopic (exact) mass is 666 g/mol. The minimum absolute atomic E-state index is 0.0221. The minimum Gasteiger partial charge on any atom is -0.497 e. The highest BCUT2D eigenvalue weighted by Crippen LogP contribution is 2.45. The van der Waals surface area contributed by atoms with Crippen molar-refractivity contribution in [1.82, 2.24) is 20.3 Å². The number of pyridine rings is 1. The molecule has 0 spiro atoms. The summed E-state index contributed by atoms with van der Waals surface area (Å²) in [6.45, 7) is 5.62. The molecule has 3 aromatic carbocycles. The Labute approximate surface area is 283 Å². The Bertz CT molecular complexity index is 1890. The van der Waals surface area contributed by atoms with Gasteiger partial charge in [-0.05, 0) is 37.6 Å². The maximum absolute atomic E-state index is 14.1. The number of carboxylic acid groups (broad SMARTS) is 1. The molecule has 2 N–H and O–H groups in total. The van der Waals surface area contributed by atoms with Crippen LogP contribution in [0.2, 0.25) is 0 Å². The Hall–Kier alpha value is -5.78. The summed E-state index contributed by atoms with van der Waals surface area (Å²) in [4.78, 5) is 52.5. The number of carbonyl (C=O) groups is 3. The number of benzene rings is 3. The zero-order valence-electron chi connectivity index (χ0n) is 27.5. The van der Waals surface area contributed by atoms with Crippen molar-refractivity contribution in [2.24, 2.45) is 5.92 Å². The smallest absolute Gasteiger partial charge is 0.353 e. The number of fused-ring (bicyclic) bond motifs is 1. The van der Waals surface area contributed by atoms with Crippen molar-refractivity contribution < 1.29 is 38.5 Å². The molecular formula is C37H38N4O8. The second kappa shape index (κ2) is 13.8. The van der Waals surface area contributed by atoms with Crippen LogP contribution in [0.4, 0.5) is 4.79 Å².